The summed E-state index contributed by atoms with van der Waals surface area (Å²) in [6.45, 7) is 0.942. The molecule has 1 saturated heterocycles. The van der Waals surface area contributed by atoms with Crippen LogP contribution < -0.4 is 0 Å². The van der Waals surface area contributed by atoms with E-state index in [1.807, 2.05) is 4.90 Å². The number of hydrogen-bond donors (Lipinski definition) is 1. The Morgan fingerprint density at radius 2 is 1.95 bits per heavy atom. The van der Waals surface area contributed by atoms with Gasteiger partial charge in [-0.1, -0.05) is 19.3 Å². The lowest BCUT2D eigenvalue weighted by Crippen LogP contribution is -2.42. The summed E-state index contributed by atoms with van der Waals surface area (Å²) in [5.74, 6) is 0.102. The topological polar surface area (TPSA) is 82.3 Å². The van der Waals surface area contributed by atoms with Gasteiger partial charge in [0.25, 0.3) is 0 Å². The second-order valence-corrected chi connectivity index (χ2v) is 7.46. The molecule has 1 saturated carbocycles. The minimum absolute atomic E-state index is 0.00209. The summed E-state index contributed by atoms with van der Waals surface area (Å²) in [4.78, 5) is 5.87. The van der Waals surface area contributed by atoms with Crippen LogP contribution in [0, 0.1) is 5.41 Å². The Morgan fingerprint density at radius 3 is 2.57 bits per heavy atom. The van der Waals surface area contributed by atoms with E-state index in [0.717, 1.165) is 12.8 Å². The fraction of sp³-hybridized carbons (Fsp3) is 0.692. The number of aromatic nitrogens is 2. The highest BCUT2D eigenvalue weighted by Crippen LogP contribution is 2.27. The van der Waals surface area contributed by atoms with Gasteiger partial charge in [-0.15, -0.1) is 0 Å². The number of guanidine groups is 1. The quantitative estimate of drug-likeness (QED) is 0.902. The highest BCUT2D eigenvalue weighted by molar-refractivity contribution is 7.89. The van der Waals surface area contributed by atoms with E-state index in [1.54, 1.807) is 13.2 Å². The fourth-order valence-electron chi connectivity index (χ4n) is 3.23. The zero-order valence-corrected chi connectivity index (χ0v) is 13.0. The first-order valence-electron chi connectivity index (χ1n) is 7.37. The number of hydrogen-bond acceptors (Lipinski definition) is 4. The normalized spacial score (nSPS) is 21.3. The summed E-state index contributed by atoms with van der Waals surface area (Å²) >= 11 is 0. The van der Waals surface area contributed by atoms with E-state index in [2.05, 4.69) is 4.98 Å². The minimum Gasteiger partial charge on any atom is -0.337 e. The Bertz CT molecular complexity index is 633. The summed E-state index contributed by atoms with van der Waals surface area (Å²) < 4.78 is 27.9. The van der Waals surface area contributed by atoms with Crippen molar-refractivity contribution >= 4 is 16.0 Å². The molecule has 0 spiro atoms. The van der Waals surface area contributed by atoms with Gasteiger partial charge in [-0.25, -0.2) is 9.29 Å². The van der Waals surface area contributed by atoms with E-state index in [4.69, 9.17) is 5.41 Å². The maximum Gasteiger partial charge on any atom is 0.300 e. The Hall–Kier alpha value is -1.57. The van der Waals surface area contributed by atoms with Crippen LogP contribution in [0.3, 0.4) is 0 Å². The molecule has 2 heterocycles. The number of rotatable bonds is 3. The Balaban J connectivity index is 1.82. The van der Waals surface area contributed by atoms with Gasteiger partial charge in [-0.3, -0.25) is 5.41 Å². The van der Waals surface area contributed by atoms with E-state index in [9.17, 15) is 8.42 Å². The molecule has 1 aromatic rings. The molecule has 1 aliphatic heterocycles. The average Bonchev–Trinajstić information content (AvgIpc) is 3.06. The van der Waals surface area contributed by atoms with Crippen molar-refractivity contribution in [3.63, 3.8) is 0 Å². The van der Waals surface area contributed by atoms with Crippen LogP contribution >= 0.6 is 0 Å². The fourth-order valence-corrected chi connectivity index (χ4v) is 4.71. The molecule has 3 rings (SSSR count). The van der Waals surface area contributed by atoms with Crippen LogP contribution in [0.15, 0.2) is 17.6 Å². The first-order chi connectivity index (χ1) is 10.0. The van der Waals surface area contributed by atoms with Gasteiger partial charge in [0, 0.05) is 32.0 Å². The Kier molecular flexibility index (Phi) is 3.64. The molecule has 21 heavy (non-hydrogen) atoms. The van der Waals surface area contributed by atoms with E-state index in [0.29, 0.717) is 19.1 Å². The summed E-state index contributed by atoms with van der Waals surface area (Å²) in [6, 6.07) is 0.313. The molecule has 0 atom stereocenters. The van der Waals surface area contributed by atoms with Gasteiger partial charge in [-0.2, -0.15) is 8.42 Å². The molecular weight excluding hydrogens is 290 g/mol. The highest BCUT2D eigenvalue weighted by Gasteiger charge is 2.39. The minimum atomic E-state index is -3.73. The van der Waals surface area contributed by atoms with E-state index in [-0.39, 0.29) is 11.1 Å². The van der Waals surface area contributed by atoms with Crippen LogP contribution in [0.5, 0.6) is 0 Å². The molecule has 1 aliphatic carbocycles. The average molecular weight is 311 g/mol. The van der Waals surface area contributed by atoms with Crippen LogP contribution in [0.4, 0.5) is 0 Å². The molecule has 0 amide bonds. The summed E-state index contributed by atoms with van der Waals surface area (Å²) in [5.41, 5.74) is 0. The summed E-state index contributed by atoms with van der Waals surface area (Å²) in [7, 11) is -2.08. The number of aryl methyl sites for hydroxylation is 1. The van der Waals surface area contributed by atoms with Crippen LogP contribution in [0.2, 0.25) is 0 Å². The Morgan fingerprint density at radius 1 is 1.24 bits per heavy atom. The van der Waals surface area contributed by atoms with Crippen molar-refractivity contribution in [2.24, 2.45) is 7.05 Å². The van der Waals surface area contributed by atoms with Crippen LogP contribution in [-0.4, -0.2) is 52.3 Å². The van der Waals surface area contributed by atoms with Gasteiger partial charge in [0.2, 0.25) is 11.1 Å². The molecule has 0 unspecified atom stereocenters. The van der Waals surface area contributed by atoms with Crippen molar-refractivity contribution < 1.29 is 8.42 Å². The summed E-state index contributed by atoms with van der Waals surface area (Å²) in [5, 5.41) is 8.26. The zero-order valence-electron chi connectivity index (χ0n) is 12.2. The molecule has 7 nitrogen and oxygen atoms in total. The monoisotopic (exact) mass is 311 g/mol. The van der Waals surface area contributed by atoms with Crippen molar-refractivity contribution in [2.75, 3.05) is 13.1 Å². The smallest absolute Gasteiger partial charge is 0.300 e. The lowest BCUT2D eigenvalue weighted by Gasteiger charge is -2.32. The predicted octanol–water partition coefficient (Wildman–Crippen LogP) is 0.994. The van der Waals surface area contributed by atoms with Crippen molar-refractivity contribution in [3.05, 3.63) is 12.4 Å². The van der Waals surface area contributed by atoms with Gasteiger partial charge in [0.15, 0.2) is 0 Å². The number of imidazole rings is 1. The Labute approximate surface area is 125 Å². The summed E-state index contributed by atoms with van der Waals surface area (Å²) in [6.07, 6.45) is 8.75. The van der Waals surface area contributed by atoms with Crippen LogP contribution in [0.25, 0.3) is 0 Å². The lowest BCUT2D eigenvalue weighted by atomic mass is 9.94. The largest absolute Gasteiger partial charge is 0.337 e. The van der Waals surface area contributed by atoms with Gasteiger partial charge < -0.3 is 9.47 Å². The van der Waals surface area contributed by atoms with E-state index in [1.165, 1.54) is 34.3 Å². The molecule has 1 aromatic heterocycles. The lowest BCUT2D eigenvalue weighted by molar-refractivity contribution is 0.260. The standard InChI is InChI=1S/C13H21N5O2S/c1-16-8-7-15-13(16)21(19,20)18-10-9-17(12(18)14)11-5-3-2-4-6-11/h7-8,11,14H,2-6,9-10H2,1H3. The van der Waals surface area contributed by atoms with Crippen LogP contribution in [-0.2, 0) is 17.1 Å². The molecule has 0 bridgehead atoms. The van der Waals surface area contributed by atoms with E-state index >= 15 is 0 Å². The van der Waals surface area contributed by atoms with Crippen molar-refractivity contribution in [1.29, 1.82) is 5.41 Å². The van der Waals surface area contributed by atoms with Gasteiger partial charge in [0.1, 0.15) is 0 Å². The third-order valence-electron chi connectivity index (χ3n) is 4.37. The van der Waals surface area contributed by atoms with Crippen molar-refractivity contribution in [3.8, 4) is 0 Å². The maximum absolute atomic E-state index is 12.6. The first kappa shape index (κ1) is 14.4. The van der Waals surface area contributed by atoms with Crippen molar-refractivity contribution in [1.82, 2.24) is 18.8 Å². The second kappa shape index (κ2) is 5.32. The molecule has 0 radical (unpaired) electrons. The highest BCUT2D eigenvalue weighted by atomic mass is 32.2. The third-order valence-corrected chi connectivity index (χ3v) is 6.16. The zero-order chi connectivity index (χ0) is 15.0. The van der Waals surface area contributed by atoms with Gasteiger partial charge in [0.05, 0.1) is 6.54 Å². The first-order valence-corrected chi connectivity index (χ1v) is 8.81. The molecule has 116 valence electrons. The molecule has 1 N–H and O–H groups in total. The number of nitrogens with one attached hydrogen (secondary N) is 1. The van der Waals surface area contributed by atoms with Gasteiger partial charge in [-0.05, 0) is 12.8 Å². The molecule has 2 aliphatic rings. The van der Waals surface area contributed by atoms with E-state index < -0.39 is 10.0 Å². The molecular formula is C13H21N5O2S. The molecule has 2 fully saturated rings. The molecule has 0 aromatic carbocycles. The SMILES string of the molecule is Cn1ccnc1S(=O)(=O)N1CCN(C2CCCCC2)C1=N. The van der Waals surface area contributed by atoms with Crippen LogP contribution in [0.1, 0.15) is 32.1 Å². The molecule has 8 heteroatoms. The maximum atomic E-state index is 12.6. The van der Waals surface area contributed by atoms with Gasteiger partial charge >= 0.3 is 10.0 Å². The predicted molar refractivity (Wildman–Crippen MR) is 78.4 cm³/mol. The third kappa shape index (κ3) is 2.41. The second-order valence-electron chi connectivity index (χ2n) is 5.71. The number of sulfonamides is 1. The number of nitrogens with zero attached hydrogens (tertiary/aromatic N) is 4. The van der Waals surface area contributed by atoms with Crippen molar-refractivity contribution in [2.45, 2.75) is 43.3 Å².